The van der Waals surface area contributed by atoms with Gasteiger partial charge in [0, 0.05) is 16.0 Å². The number of carbonyl (C=O) groups excluding carboxylic acids is 2. The molecule has 0 heterocycles. The molecule has 1 rings (SSSR count). The normalized spacial score (nSPS) is 10.1. The predicted molar refractivity (Wildman–Crippen MR) is 77.4 cm³/mol. The molecule has 0 spiro atoms. The molecule has 0 radical (unpaired) electrons. The fraction of sp³-hybridized carbons (Fsp3) is 0.385. The molecule has 0 aliphatic heterocycles. The fourth-order valence-corrected chi connectivity index (χ4v) is 2.38. The van der Waals surface area contributed by atoms with Crippen LogP contribution >= 0.6 is 27.5 Å². The molecule has 19 heavy (non-hydrogen) atoms. The largest absolute Gasteiger partial charge is 0.465 e. The second-order valence-corrected chi connectivity index (χ2v) is 5.04. The minimum Gasteiger partial charge on any atom is -0.465 e. The van der Waals surface area contributed by atoms with E-state index < -0.39 is 5.97 Å². The van der Waals surface area contributed by atoms with E-state index >= 15 is 0 Å². The van der Waals surface area contributed by atoms with Crippen LogP contribution in [0.2, 0.25) is 5.02 Å². The van der Waals surface area contributed by atoms with Crippen molar-refractivity contribution < 1.29 is 14.3 Å². The van der Waals surface area contributed by atoms with Crippen LogP contribution < -0.4 is 0 Å². The molecular weight excluding hydrogens is 334 g/mol. The number of rotatable bonds is 5. The molecule has 104 valence electrons. The van der Waals surface area contributed by atoms with Crippen LogP contribution in [0, 0.1) is 0 Å². The lowest BCUT2D eigenvalue weighted by Crippen LogP contribution is -2.36. The van der Waals surface area contributed by atoms with Crippen LogP contribution in [-0.2, 0) is 9.53 Å². The number of halogens is 2. The molecule has 0 fully saturated rings. The van der Waals surface area contributed by atoms with E-state index in [1.807, 2.05) is 0 Å². The topological polar surface area (TPSA) is 46.6 Å². The van der Waals surface area contributed by atoms with E-state index in [4.69, 9.17) is 16.3 Å². The van der Waals surface area contributed by atoms with Gasteiger partial charge in [-0.2, -0.15) is 0 Å². The van der Waals surface area contributed by atoms with Crippen LogP contribution in [0.3, 0.4) is 0 Å². The maximum Gasteiger partial charge on any atom is 0.325 e. The van der Waals surface area contributed by atoms with Gasteiger partial charge in [-0.3, -0.25) is 9.59 Å². The summed E-state index contributed by atoms with van der Waals surface area (Å²) in [6.07, 6.45) is 0. The summed E-state index contributed by atoms with van der Waals surface area (Å²) in [5, 5.41) is 0.539. The minimum atomic E-state index is -0.414. The molecule has 0 N–H and O–H groups in total. The van der Waals surface area contributed by atoms with Gasteiger partial charge in [-0.1, -0.05) is 11.6 Å². The molecule has 0 aliphatic rings. The van der Waals surface area contributed by atoms with Gasteiger partial charge in [0.05, 0.1) is 12.2 Å². The number of carbonyl (C=O) groups is 2. The molecule has 0 aromatic heterocycles. The third-order valence-corrected chi connectivity index (χ3v) is 3.35. The summed E-state index contributed by atoms with van der Waals surface area (Å²) in [4.78, 5) is 25.2. The van der Waals surface area contributed by atoms with Crippen molar-refractivity contribution in [3.05, 3.63) is 33.3 Å². The highest BCUT2D eigenvalue weighted by Crippen LogP contribution is 2.22. The average Bonchev–Trinajstić information content (AvgIpc) is 2.35. The smallest absolute Gasteiger partial charge is 0.325 e. The van der Waals surface area contributed by atoms with Gasteiger partial charge in [-0.05, 0) is 48.0 Å². The minimum absolute atomic E-state index is 0.0573. The van der Waals surface area contributed by atoms with Gasteiger partial charge in [0.15, 0.2) is 0 Å². The molecule has 0 bridgehead atoms. The van der Waals surface area contributed by atoms with Crippen LogP contribution in [0.4, 0.5) is 0 Å². The summed E-state index contributed by atoms with van der Waals surface area (Å²) in [6.45, 7) is 4.20. The van der Waals surface area contributed by atoms with Crippen molar-refractivity contribution in [2.24, 2.45) is 0 Å². The quantitative estimate of drug-likeness (QED) is 0.768. The Morgan fingerprint density at radius 1 is 1.37 bits per heavy atom. The maximum atomic E-state index is 12.3. The monoisotopic (exact) mass is 347 g/mol. The molecule has 0 aliphatic carbocycles. The van der Waals surface area contributed by atoms with Crippen molar-refractivity contribution in [3.8, 4) is 0 Å². The second-order valence-electron chi connectivity index (χ2n) is 3.75. The summed E-state index contributed by atoms with van der Waals surface area (Å²) >= 11 is 9.13. The zero-order valence-corrected chi connectivity index (χ0v) is 13.1. The first-order valence-corrected chi connectivity index (χ1v) is 7.06. The van der Waals surface area contributed by atoms with Crippen LogP contribution in [0.5, 0.6) is 0 Å². The van der Waals surface area contributed by atoms with Crippen molar-refractivity contribution in [2.75, 3.05) is 19.7 Å². The molecule has 4 nitrogen and oxygen atoms in total. The Morgan fingerprint density at radius 2 is 2.05 bits per heavy atom. The van der Waals surface area contributed by atoms with Gasteiger partial charge >= 0.3 is 5.97 Å². The molecule has 1 aromatic carbocycles. The molecule has 0 saturated heterocycles. The lowest BCUT2D eigenvalue weighted by molar-refractivity contribution is -0.143. The molecule has 6 heteroatoms. The molecular formula is C13H15BrClNO3. The van der Waals surface area contributed by atoms with Gasteiger partial charge in [0.2, 0.25) is 0 Å². The summed E-state index contributed by atoms with van der Waals surface area (Å²) < 4.78 is 5.45. The van der Waals surface area contributed by atoms with Crippen molar-refractivity contribution in [2.45, 2.75) is 13.8 Å². The third-order valence-electron chi connectivity index (χ3n) is 2.46. The third kappa shape index (κ3) is 4.51. The Balaban J connectivity index is 2.86. The van der Waals surface area contributed by atoms with E-state index in [1.54, 1.807) is 32.0 Å². The Labute approximate surface area is 125 Å². The van der Waals surface area contributed by atoms with E-state index in [0.717, 1.165) is 0 Å². The predicted octanol–water partition coefficient (Wildman–Crippen LogP) is 3.13. The van der Waals surface area contributed by atoms with Gasteiger partial charge in [0.1, 0.15) is 6.54 Å². The van der Waals surface area contributed by atoms with Gasteiger partial charge < -0.3 is 9.64 Å². The van der Waals surface area contributed by atoms with Crippen molar-refractivity contribution in [1.82, 2.24) is 4.90 Å². The van der Waals surface area contributed by atoms with E-state index in [-0.39, 0.29) is 12.5 Å². The second kappa shape index (κ2) is 7.50. The summed E-state index contributed by atoms with van der Waals surface area (Å²) in [7, 11) is 0. The number of likely N-dealkylation sites (N-methyl/N-ethyl adjacent to an activating group) is 1. The van der Waals surface area contributed by atoms with Gasteiger partial charge in [-0.25, -0.2) is 0 Å². The SMILES string of the molecule is CCOC(=O)CN(CC)C(=O)c1ccc(Cl)cc1Br. The number of benzene rings is 1. The lowest BCUT2D eigenvalue weighted by atomic mass is 10.2. The molecule has 0 unspecified atom stereocenters. The Hall–Kier alpha value is -1.07. The average molecular weight is 349 g/mol. The molecule has 1 aromatic rings. The first kappa shape index (κ1) is 16.0. The van der Waals surface area contributed by atoms with Crippen LogP contribution in [0.15, 0.2) is 22.7 Å². The number of hydrogen-bond acceptors (Lipinski definition) is 3. The number of amides is 1. The fourth-order valence-electron chi connectivity index (χ4n) is 1.52. The highest BCUT2D eigenvalue weighted by atomic mass is 79.9. The standard InChI is InChI=1S/C13H15BrClNO3/c1-3-16(8-12(17)19-4-2)13(18)10-6-5-9(15)7-11(10)14/h5-7H,3-4,8H2,1-2H3. The van der Waals surface area contributed by atoms with Crippen molar-refractivity contribution in [3.63, 3.8) is 0 Å². The zero-order chi connectivity index (χ0) is 14.4. The molecule has 0 atom stereocenters. The van der Waals surface area contributed by atoms with Crippen LogP contribution in [0.25, 0.3) is 0 Å². The van der Waals surface area contributed by atoms with E-state index in [1.165, 1.54) is 4.90 Å². The van der Waals surface area contributed by atoms with Gasteiger partial charge in [0.25, 0.3) is 5.91 Å². The van der Waals surface area contributed by atoms with E-state index in [9.17, 15) is 9.59 Å². The molecule has 0 saturated carbocycles. The Morgan fingerprint density at radius 3 is 2.58 bits per heavy atom. The first-order valence-electron chi connectivity index (χ1n) is 5.89. The van der Waals surface area contributed by atoms with Crippen LogP contribution in [0.1, 0.15) is 24.2 Å². The first-order chi connectivity index (χ1) is 8.99. The Kier molecular flexibility index (Phi) is 6.31. The van der Waals surface area contributed by atoms with Gasteiger partial charge in [-0.15, -0.1) is 0 Å². The zero-order valence-electron chi connectivity index (χ0n) is 10.8. The molecule has 1 amide bonds. The number of esters is 1. The number of hydrogen-bond donors (Lipinski definition) is 0. The van der Waals surface area contributed by atoms with Crippen molar-refractivity contribution >= 4 is 39.4 Å². The van der Waals surface area contributed by atoms with E-state index in [2.05, 4.69) is 15.9 Å². The summed E-state index contributed by atoms with van der Waals surface area (Å²) in [6, 6.07) is 4.91. The number of nitrogens with zero attached hydrogens (tertiary/aromatic N) is 1. The summed E-state index contributed by atoms with van der Waals surface area (Å²) in [5.74, 6) is -0.651. The summed E-state index contributed by atoms with van der Waals surface area (Å²) in [5.41, 5.74) is 0.468. The lowest BCUT2D eigenvalue weighted by Gasteiger charge is -2.20. The highest BCUT2D eigenvalue weighted by Gasteiger charge is 2.20. The Bertz CT molecular complexity index is 479. The maximum absolute atomic E-state index is 12.3. The number of ether oxygens (including phenoxy) is 1. The van der Waals surface area contributed by atoms with Crippen LogP contribution in [-0.4, -0.2) is 36.5 Å². The highest BCUT2D eigenvalue weighted by molar-refractivity contribution is 9.10. The van der Waals surface area contributed by atoms with E-state index in [0.29, 0.717) is 28.2 Å². The van der Waals surface area contributed by atoms with Crippen molar-refractivity contribution in [1.29, 1.82) is 0 Å².